The number of hydrogen-bond acceptors (Lipinski definition) is 3. The lowest BCUT2D eigenvalue weighted by molar-refractivity contribution is 0.101. The van der Waals surface area contributed by atoms with Crippen molar-refractivity contribution in [3.63, 3.8) is 0 Å². The van der Waals surface area contributed by atoms with Crippen LogP contribution in [0.1, 0.15) is 21.7 Å². The van der Waals surface area contributed by atoms with Crippen LogP contribution in [0.2, 0.25) is 0 Å². The minimum absolute atomic E-state index is 0.0219. The van der Waals surface area contributed by atoms with Crippen molar-refractivity contribution < 1.29 is 4.79 Å². The molecule has 0 aliphatic rings. The molecule has 0 aliphatic carbocycles. The van der Waals surface area contributed by atoms with E-state index < -0.39 is 0 Å². The van der Waals surface area contributed by atoms with Gasteiger partial charge < -0.3 is 0 Å². The maximum Gasteiger partial charge on any atom is 0.193 e. The Bertz CT molecular complexity index is 533. The first-order valence-electron chi connectivity index (χ1n) is 4.54. The maximum atomic E-state index is 11.5. The Morgan fingerprint density at radius 1 is 1.53 bits per heavy atom. The quantitative estimate of drug-likeness (QED) is 0.617. The molecular formula is C10H10BrN3O. The lowest BCUT2D eigenvalue weighted by atomic mass is 10.2. The molecule has 0 amide bonds. The molecule has 15 heavy (non-hydrogen) atoms. The molecule has 0 atom stereocenters. The predicted molar refractivity (Wildman–Crippen MR) is 60.6 cm³/mol. The molecule has 78 valence electrons. The van der Waals surface area contributed by atoms with Crippen LogP contribution in [-0.2, 0) is 0 Å². The predicted octanol–water partition coefficient (Wildman–Crippen LogP) is 1.92. The largest absolute Gasteiger partial charge is 0.291 e. The van der Waals surface area contributed by atoms with Crippen molar-refractivity contribution in [2.45, 2.75) is 13.8 Å². The van der Waals surface area contributed by atoms with Gasteiger partial charge in [0.25, 0.3) is 0 Å². The lowest BCUT2D eigenvalue weighted by Crippen LogP contribution is -2.07. The first-order valence-corrected chi connectivity index (χ1v) is 5.67. The van der Waals surface area contributed by atoms with Crippen LogP contribution in [0.25, 0.3) is 5.65 Å². The first kappa shape index (κ1) is 10.3. The van der Waals surface area contributed by atoms with Crippen LogP contribution < -0.4 is 0 Å². The Morgan fingerprint density at radius 2 is 2.27 bits per heavy atom. The minimum atomic E-state index is -0.0219. The second-order valence-electron chi connectivity index (χ2n) is 3.42. The summed E-state index contributed by atoms with van der Waals surface area (Å²) in [4.78, 5) is 15.8. The number of imidazole rings is 1. The summed E-state index contributed by atoms with van der Waals surface area (Å²) in [5, 5.41) is 4.49. The summed E-state index contributed by atoms with van der Waals surface area (Å²) in [5.74, 6) is -0.0219. The standard InChI is InChI=1S/C10H10BrN3O/c1-6-3-8(9(15)4-11)13-14-5-7(2)12-10(6)14/h3,5H,4H2,1-2H3. The number of halogens is 1. The van der Waals surface area contributed by atoms with Gasteiger partial charge in [0.1, 0.15) is 5.69 Å². The summed E-state index contributed by atoms with van der Waals surface area (Å²) in [6.07, 6.45) is 1.81. The smallest absolute Gasteiger partial charge is 0.193 e. The Labute approximate surface area is 95.4 Å². The van der Waals surface area contributed by atoms with Crippen LogP contribution in [-0.4, -0.2) is 25.7 Å². The van der Waals surface area contributed by atoms with Gasteiger partial charge in [0.05, 0.1) is 17.2 Å². The molecule has 0 bridgehead atoms. The molecule has 4 nitrogen and oxygen atoms in total. The summed E-state index contributed by atoms with van der Waals surface area (Å²) in [6.45, 7) is 3.83. The molecule has 0 aliphatic heterocycles. The number of aromatic nitrogens is 3. The molecule has 0 aromatic carbocycles. The molecule has 2 aromatic heterocycles. The molecule has 0 N–H and O–H groups in total. The van der Waals surface area contributed by atoms with Crippen molar-refractivity contribution in [1.29, 1.82) is 0 Å². The van der Waals surface area contributed by atoms with E-state index in [1.54, 1.807) is 10.6 Å². The minimum Gasteiger partial charge on any atom is -0.291 e. The van der Waals surface area contributed by atoms with Gasteiger partial charge in [-0.15, -0.1) is 0 Å². The average molecular weight is 268 g/mol. The van der Waals surface area contributed by atoms with E-state index in [0.717, 1.165) is 16.9 Å². The number of ketones is 1. The molecule has 0 spiro atoms. The van der Waals surface area contributed by atoms with E-state index in [2.05, 4.69) is 26.0 Å². The van der Waals surface area contributed by atoms with Gasteiger partial charge >= 0.3 is 0 Å². The number of alkyl halides is 1. The average Bonchev–Trinajstić information content (AvgIpc) is 2.58. The summed E-state index contributed by atoms with van der Waals surface area (Å²) in [6, 6.07) is 1.77. The first-order chi connectivity index (χ1) is 7.11. The Balaban J connectivity index is 2.66. The zero-order valence-corrected chi connectivity index (χ0v) is 10.1. The van der Waals surface area contributed by atoms with Crippen LogP contribution in [0.3, 0.4) is 0 Å². The number of Topliss-reactive ketones (excluding diaryl/α,β-unsaturated/α-hetero) is 1. The SMILES string of the molecule is Cc1cn2nc(C(=O)CBr)cc(C)c2n1. The highest BCUT2D eigenvalue weighted by Gasteiger charge is 2.10. The van der Waals surface area contributed by atoms with Crippen molar-refractivity contribution in [3.8, 4) is 0 Å². The van der Waals surface area contributed by atoms with E-state index in [1.807, 2.05) is 20.0 Å². The highest BCUT2D eigenvalue weighted by atomic mass is 79.9. The van der Waals surface area contributed by atoms with E-state index in [1.165, 1.54) is 0 Å². The van der Waals surface area contributed by atoms with Gasteiger partial charge in [-0.1, -0.05) is 15.9 Å². The fraction of sp³-hybridized carbons (Fsp3) is 0.300. The number of rotatable bonds is 2. The van der Waals surface area contributed by atoms with Crippen LogP contribution in [0.5, 0.6) is 0 Å². The molecule has 5 heteroatoms. The normalized spacial score (nSPS) is 10.9. The zero-order valence-electron chi connectivity index (χ0n) is 8.49. The summed E-state index contributed by atoms with van der Waals surface area (Å²) in [7, 11) is 0. The third kappa shape index (κ3) is 1.79. The summed E-state index contributed by atoms with van der Waals surface area (Å²) < 4.78 is 1.65. The maximum absolute atomic E-state index is 11.5. The van der Waals surface area contributed by atoms with Crippen molar-refractivity contribution >= 4 is 27.4 Å². The molecular weight excluding hydrogens is 258 g/mol. The number of hydrogen-bond donors (Lipinski definition) is 0. The number of aryl methyl sites for hydroxylation is 2. The second kappa shape index (κ2) is 3.73. The van der Waals surface area contributed by atoms with Crippen molar-refractivity contribution in [1.82, 2.24) is 14.6 Å². The van der Waals surface area contributed by atoms with Gasteiger partial charge in [-0.05, 0) is 25.5 Å². The van der Waals surface area contributed by atoms with E-state index in [4.69, 9.17) is 0 Å². The van der Waals surface area contributed by atoms with E-state index in [-0.39, 0.29) is 5.78 Å². The topological polar surface area (TPSA) is 47.3 Å². The molecule has 0 saturated heterocycles. The van der Waals surface area contributed by atoms with Gasteiger partial charge in [0.2, 0.25) is 0 Å². The third-order valence-corrected chi connectivity index (χ3v) is 2.65. The van der Waals surface area contributed by atoms with E-state index >= 15 is 0 Å². The molecule has 2 heterocycles. The fourth-order valence-corrected chi connectivity index (χ4v) is 1.74. The zero-order chi connectivity index (χ0) is 11.0. The van der Waals surface area contributed by atoms with Gasteiger partial charge in [-0.3, -0.25) is 4.79 Å². The third-order valence-electron chi connectivity index (χ3n) is 2.14. The second-order valence-corrected chi connectivity index (χ2v) is 3.98. The Morgan fingerprint density at radius 3 is 2.93 bits per heavy atom. The van der Waals surface area contributed by atoms with Crippen molar-refractivity contribution in [2.24, 2.45) is 0 Å². The van der Waals surface area contributed by atoms with E-state index in [9.17, 15) is 4.79 Å². The Hall–Kier alpha value is -1.23. The summed E-state index contributed by atoms with van der Waals surface area (Å²) >= 11 is 3.13. The number of carbonyl (C=O) groups excluding carboxylic acids is 1. The lowest BCUT2D eigenvalue weighted by Gasteiger charge is -2.00. The molecule has 0 unspecified atom stereocenters. The van der Waals surface area contributed by atoms with Crippen LogP contribution >= 0.6 is 15.9 Å². The summed E-state index contributed by atoms with van der Waals surface area (Å²) in [5.41, 5.74) is 3.13. The number of carbonyl (C=O) groups is 1. The molecule has 0 fully saturated rings. The molecule has 2 aromatic rings. The highest BCUT2D eigenvalue weighted by molar-refractivity contribution is 9.09. The van der Waals surface area contributed by atoms with Gasteiger partial charge in [-0.2, -0.15) is 5.10 Å². The molecule has 2 rings (SSSR count). The Kier molecular flexibility index (Phi) is 2.56. The monoisotopic (exact) mass is 267 g/mol. The van der Waals surface area contributed by atoms with Crippen LogP contribution in [0.4, 0.5) is 0 Å². The number of fused-ring (bicyclic) bond motifs is 1. The van der Waals surface area contributed by atoms with Crippen molar-refractivity contribution in [2.75, 3.05) is 5.33 Å². The van der Waals surface area contributed by atoms with Crippen LogP contribution in [0, 0.1) is 13.8 Å². The molecule has 0 saturated carbocycles. The van der Waals surface area contributed by atoms with Crippen molar-refractivity contribution in [3.05, 3.63) is 29.2 Å². The van der Waals surface area contributed by atoms with Gasteiger partial charge in [0, 0.05) is 0 Å². The van der Waals surface area contributed by atoms with Crippen LogP contribution in [0.15, 0.2) is 12.3 Å². The highest BCUT2D eigenvalue weighted by Crippen LogP contribution is 2.11. The fourth-order valence-electron chi connectivity index (χ4n) is 1.45. The van der Waals surface area contributed by atoms with Gasteiger partial charge in [0.15, 0.2) is 11.4 Å². The van der Waals surface area contributed by atoms with E-state index in [0.29, 0.717) is 11.0 Å². The number of nitrogens with zero attached hydrogens (tertiary/aromatic N) is 3. The van der Waals surface area contributed by atoms with Gasteiger partial charge in [-0.25, -0.2) is 9.50 Å². The molecule has 0 radical (unpaired) electrons.